The molecule has 0 spiro atoms. The SMILES string of the molecule is c1cn(CCc2ccc(NC3CCNCC3)cc2)nn1. The summed E-state index contributed by atoms with van der Waals surface area (Å²) in [6, 6.07) is 9.36. The lowest BCUT2D eigenvalue weighted by Gasteiger charge is -2.24. The number of nitrogens with zero attached hydrogens (tertiary/aromatic N) is 3. The Bertz CT molecular complexity index is 500. The van der Waals surface area contributed by atoms with Crippen molar-refractivity contribution in [1.29, 1.82) is 0 Å². The van der Waals surface area contributed by atoms with Gasteiger partial charge in [0.2, 0.25) is 0 Å². The molecule has 1 aliphatic heterocycles. The molecular weight excluding hydrogens is 250 g/mol. The van der Waals surface area contributed by atoms with E-state index < -0.39 is 0 Å². The van der Waals surface area contributed by atoms with Crippen LogP contribution in [0.4, 0.5) is 5.69 Å². The zero-order chi connectivity index (χ0) is 13.6. The van der Waals surface area contributed by atoms with Gasteiger partial charge in [0, 0.05) is 24.5 Å². The molecule has 0 radical (unpaired) electrons. The van der Waals surface area contributed by atoms with Gasteiger partial charge in [0.05, 0.1) is 6.20 Å². The van der Waals surface area contributed by atoms with Crippen molar-refractivity contribution in [2.45, 2.75) is 31.8 Å². The molecule has 5 heteroatoms. The van der Waals surface area contributed by atoms with Crippen LogP contribution in [0.2, 0.25) is 0 Å². The van der Waals surface area contributed by atoms with Crippen molar-refractivity contribution in [3.05, 3.63) is 42.2 Å². The van der Waals surface area contributed by atoms with E-state index in [9.17, 15) is 0 Å². The Kier molecular flexibility index (Phi) is 4.28. The summed E-state index contributed by atoms with van der Waals surface area (Å²) in [5.74, 6) is 0. The monoisotopic (exact) mass is 271 g/mol. The summed E-state index contributed by atoms with van der Waals surface area (Å²) in [6.07, 6.45) is 7.00. The van der Waals surface area contributed by atoms with Gasteiger partial charge < -0.3 is 10.6 Å². The van der Waals surface area contributed by atoms with Gasteiger partial charge in [-0.3, -0.25) is 4.68 Å². The summed E-state index contributed by atoms with van der Waals surface area (Å²) in [5.41, 5.74) is 2.55. The minimum Gasteiger partial charge on any atom is -0.382 e. The number of piperidine rings is 1. The molecule has 1 aromatic heterocycles. The zero-order valence-corrected chi connectivity index (χ0v) is 11.6. The van der Waals surface area contributed by atoms with Crippen LogP contribution >= 0.6 is 0 Å². The van der Waals surface area contributed by atoms with Crippen LogP contribution in [0, 0.1) is 0 Å². The van der Waals surface area contributed by atoms with E-state index in [1.54, 1.807) is 6.20 Å². The molecular formula is C15H21N5. The maximum atomic E-state index is 3.97. The van der Waals surface area contributed by atoms with Gasteiger partial charge in [-0.25, -0.2) is 0 Å². The number of benzene rings is 1. The van der Waals surface area contributed by atoms with Gasteiger partial charge in [0.15, 0.2) is 0 Å². The topological polar surface area (TPSA) is 54.8 Å². The molecule has 0 unspecified atom stereocenters. The molecule has 0 aliphatic carbocycles. The smallest absolute Gasteiger partial charge is 0.0692 e. The largest absolute Gasteiger partial charge is 0.382 e. The molecule has 106 valence electrons. The first-order valence-corrected chi connectivity index (χ1v) is 7.30. The lowest BCUT2D eigenvalue weighted by atomic mass is 10.1. The summed E-state index contributed by atoms with van der Waals surface area (Å²) in [5, 5.41) is 14.8. The van der Waals surface area contributed by atoms with Crippen LogP contribution in [0.3, 0.4) is 0 Å². The van der Waals surface area contributed by atoms with E-state index in [1.165, 1.54) is 24.1 Å². The third kappa shape index (κ3) is 3.57. The van der Waals surface area contributed by atoms with Crippen LogP contribution in [0.25, 0.3) is 0 Å². The number of hydrogen-bond donors (Lipinski definition) is 2. The minimum absolute atomic E-state index is 0.609. The minimum atomic E-state index is 0.609. The third-order valence-electron chi connectivity index (χ3n) is 3.77. The van der Waals surface area contributed by atoms with Crippen LogP contribution < -0.4 is 10.6 Å². The first kappa shape index (κ1) is 13.1. The first-order chi connectivity index (χ1) is 9.90. The molecule has 0 saturated carbocycles. The van der Waals surface area contributed by atoms with E-state index in [4.69, 9.17) is 0 Å². The van der Waals surface area contributed by atoms with E-state index in [1.807, 2.05) is 10.9 Å². The standard InChI is InChI=1S/C15H21N5/c1-3-14(18-15-5-8-16-9-6-15)4-2-13(1)7-11-20-12-10-17-19-20/h1-4,10,12,15-16,18H,5-9,11H2. The molecule has 2 aromatic rings. The van der Waals surface area contributed by atoms with Crippen molar-refractivity contribution in [3.8, 4) is 0 Å². The Labute approximate surface area is 119 Å². The highest BCUT2D eigenvalue weighted by atomic mass is 15.4. The van der Waals surface area contributed by atoms with Crippen LogP contribution in [0.5, 0.6) is 0 Å². The van der Waals surface area contributed by atoms with Crippen LogP contribution in [0.1, 0.15) is 18.4 Å². The van der Waals surface area contributed by atoms with Gasteiger partial charge in [-0.15, -0.1) is 5.10 Å². The zero-order valence-electron chi connectivity index (χ0n) is 11.6. The third-order valence-corrected chi connectivity index (χ3v) is 3.77. The summed E-state index contributed by atoms with van der Waals surface area (Å²) >= 11 is 0. The quantitative estimate of drug-likeness (QED) is 0.869. The Hall–Kier alpha value is -1.88. The van der Waals surface area contributed by atoms with Crippen molar-refractivity contribution in [2.24, 2.45) is 0 Å². The fourth-order valence-electron chi connectivity index (χ4n) is 2.57. The van der Waals surface area contributed by atoms with Crippen molar-refractivity contribution in [3.63, 3.8) is 0 Å². The predicted octanol–water partition coefficient (Wildman–Crippen LogP) is 1.68. The fourth-order valence-corrected chi connectivity index (χ4v) is 2.57. The summed E-state index contributed by atoms with van der Waals surface area (Å²) in [6.45, 7) is 3.11. The number of hydrogen-bond acceptors (Lipinski definition) is 4. The Morgan fingerprint density at radius 2 is 2.00 bits per heavy atom. The highest BCUT2D eigenvalue weighted by Gasteiger charge is 2.11. The van der Waals surface area contributed by atoms with E-state index in [-0.39, 0.29) is 0 Å². The number of anilines is 1. The maximum absolute atomic E-state index is 3.97. The predicted molar refractivity (Wildman–Crippen MR) is 79.7 cm³/mol. The molecule has 0 bridgehead atoms. The molecule has 1 aromatic carbocycles. The second kappa shape index (κ2) is 6.52. The molecule has 2 N–H and O–H groups in total. The molecule has 1 fully saturated rings. The fraction of sp³-hybridized carbons (Fsp3) is 0.467. The average Bonchev–Trinajstić information content (AvgIpc) is 3.01. The molecule has 2 heterocycles. The van der Waals surface area contributed by atoms with Gasteiger partial charge in [0.25, 0.3) is 0 Å². The normalized spacial score (nSPS) is 16.2. The van der Waals surface area contributed by atoms with Gasteiger partial charge in [-0.2, -0.15) is 0 Å². The second-order valence-electron chi connectivity index (χ2n) is 5.28. The van der Waals surface area contributed by atoms with E-state index in [0.717, 1.165) is 26.1 Å². The molecule has 0 amide bonds. The molecule has 5 nitrogen and oxygen atoms in total. The summed E-state index contributed by atoms with van der Waals surface area (Å²) in [4.78, 5) is 0. The summed E-state index contributed by atoms with van der Waals surface area (Å²) < 4.78 is 1.86. The van der Waals surface area contributed by atoms with Crippen molar-refractivity contribution < 1.29 is 0 Å². The lowest BCUT2D eigenvalue weighted by molar-refractivity contribution is 0.479. The number of nitrogens with one attached hydrogen (secondary N) is 2. The van der Waals surface area contributed by atoms with Gasteiger partial charge in [-0.1, -0.05) is 17.3 Å². The Balaban J connectivity index is 1.51. The van der Waals surface area contributed by atoms with Gasteiger partial charge in [0.1, 0.15) is 0 Å². The lowest BCUT2D eigenvalue weighted by Crippen LogP contribution is -2.35. The van der Waals surface area contributed by atoms with E-state index >= 15 is 0 Å². The first-order valence-electron chi connectivity index (χ1n) is 7.30. The highest BCUT2D eigenvalue weighted by Crippen LogP contribution is 2.15. The Morgan fingerprint density at radius 3 is 2.70 bits per heavy atom. The van der Waals surface area contributed by atoms with Crippen molar-refractivity contribution in [1.82, 2.24) is 20.3 Å². The Morgan fingerprint density at radius 1 is 1.20 bits per heavy atom. The number of aryl methyl sites for hydroxylation is 2. The number of rotatable bonds is 5. The van der Waals surface area contributed by atoms with Crippen molar-refractivity contribution >= 4 is 5.69 Å². The van der Waals surface area contributed by atoms with Gasteiger partial charge >= 0.3 is 0 Å². The average molecular weight is 271 g/mol. The van der Waals surface area contributed by atoms with Crippen molar-refractivity contribution in [2.75, 3.05) is 18.4 Å². The molecule has 1 aliphatic rings. The van der Waals surface area contributed by atoms with E-state index in [2.05, 4.69) is 45.2 Å². The maximum Gasteiger partial charge on any atom is 0.0692 e. The van der Waals surface area contributed by atoms with Crippen LogP contribution in [-0.2, 0) is 13.0 Å². The number of aromatic nitrogens is 3. The molecule has 3 rings (SSSR count). The molecule has 1 saturated heterocycles. The van der Waals surface area contributed by atoms with Crippen LogP contribution in [-0.4, -0.2) is 34.1 Å². The van der Waals surface area contributed by atoms with E-state index in [0.29, 0.717) is 6.04 Å². The summed E-state index contributed by atoms with van der Waals surface area (Å²) in [7, 11) is 0. The molecule has 0 atom stereocenters. The molecule has 20 heavy (non-hydrogen) atoms. The van der Waals surface area contributed by atoms with Crippen LogP contribution in [0.15, 0.2) is 36.7 Å². The van der Waals surface area contributed by atoms with Gasteiger partial charge in [-0.05, 0) is 50.0 Å². The highest BCUT2D eigenvalue weighted by molar-refractivity contribution is 5.45. The second-order valence-corrected chi connectivity index (χ2v) is 5.28.